The van der Waals surface area contributed by atoms with E-state index in [4.69, 9.17) is 10.5 Å². The van der Waals surface area contributed by atoms with Crippen LogP contribution < -0.4 is 21.1 Å². The molecule has 2 unspecified atom stereocenters. The summed E-state index contributed by atoms with van der Waals surface area (Å²) in [4.78, 5) is 22.8. The maximum absolute atomic E-state index is 11.8. The molecule has 0 aromatic heterocycles. The van der Waals surface area contributed by atoms with Crippen LogP contribution in [0.5, 0.6) is 5.75 Å². The second kappa shape index (κ2) is 6.91. The number of imide groups is 1. The van der Waals surface area contributed by atoms with Crippen LogP contribution in [-0.4, -0.2) is 25.1 Å². The Morgan fingerprint density at radius 3 is 2.50 bits per heavy atom. The lowest BCUT2D eigenvalue weighted by Crippen LogP contribution is -2.44. The molecule has 6 nitrogen and oxygen atoms in total. The van der Waals surface area contributed by atoms with Crippen molar-refractivity contribution in [1.82, 2.24) is 10.6 Å². The van der Waals surface area contributed by atoms with Crippen LogP contribution in [0.3, 0.4) is 0 Å². The Bertz CT molecular complexity index is 500. The van der Waals surface area contributed by atoms with E-state index in [0.717, 1.165) is 11.1 Å². The summed E-state index contributed by atoms with van der Waals surface area (Å²) < 4.78 is 5.62. The zero-order valence-corrected chi connectivity index (χ0v) is 12.2. The van der Waals surface area contributed by atoms with E-state index in [1.165, 1.54) is 7.05 Å². The molecule has 1 aromatic rings. The molecule has 0 aliphatic carbocycles. The van der Waals surface area contributed by atoms with Gasteiger partial charge in [0.25, 0.3) is 5.91 Å². The summed E-state index contributed by atoms with van der Waals surface area (Å²) in [5.74, 6) is 0.0426. The average molecular weight is 279 g/mol. The van der Waals surface area contributed by atoms with Gasteiger partial charge in [-0.3, -0.25) is 10.1 Å². The molecule has 110 valence electrons. The largest absolute Gasteiger partial charge is 0.481 e. The van der Waals surface area contributed by atoms with Gasteiger partial charge in [0.1, 0.15) is 5.75 Å². The molecule has 20 heavy (non-hydrogen) atoms. The monoisotopic (exact) mass is 279 g/mol. The number of carbonyl (C=O) groups is 2. The van der Waals surface area contributed by atoms with Crippen LogP contribution in [0.4, 0.5) is 4.79 Å². The highest BCUT2D eigenvalue weighted by Gasteiger charge is 2.19. The molecule has 0 fully saturated rings. The number of hydrogen-bond donors (Lipinski definition) is 3. The summed E-state index contributed by atoms with van der Waals surface area (Å²) >= 11 is 0. The molecule has 6 heteroatoms. The molecule has 0 saturated carbocycles. The molecule has 0 bridgehead atoms. The number of aryl methyl sites for hydroxylation is 1. The predicted octanol–water partition coefficient (Wildman–Crippen LogP) is 1.24. The van der Waals surface area contributed by atoms with E-state index in [1.807, 2.05) is 32.0 Å². The third kappa shape index (κ3) is 4.24. The van der Waals surface area contributed by atoms with Crippen molar-refractivity contribution < 1.29 is 14.3 Å². The Morgan fingerprint density at radius 1 is 1.30 bits per heavy atom. The molecular formula is C14H21N3O3. The van der Waals surface area contributed by atoms with Gasteiger partial charge >= 0.3 is 6.03 Å². The zero-order valence-electron chi connectivity index (χ0n) is 12.2. The van der Waals surface area contributed by atoms with E-state index < -0.39 is 18.0 Å². The minimum absolute atomic E-state index is 0.209. The van der Waals surface area contributed by atoms with Gasteiger partial charge in [0.05, 0.1) is 0 Å². The summed E-state index contributed by atoms with van der Waals surface area (Å²) in [7, 11) is 1.43. The number of amides is 3. The first-order valence-corrected chi connectivity index (χ1v) is 6.40. The second-order valence-electron chi connectivity index (χ2n) is 4.66. The van der Waals surface area contributed by atoms with Crippen molar-refractivity contribution in [1.29, 1.82) is 0 Å². The quantitative estimate of drug-likeness (QED) is 0.773. The average Bonchev–Trinajstić information content (AvgIpc) is 2.38. The highest BCUT2D eigenvalue weighted by atomic mass is 16.5. The number of hydrogen-bond acceptors (Lipinski definition) is 4. The van der Waals surface area contributed by atoms with E-state index in [-0.39, 0.29) is 6.04 Å². The van der Waals surface area contributed by atoms with Gasteiger partial charge in [0.2, 0.25) is 0 Å². The topological polar surface area (TPSA) is 93.5 Å². The highest BCUT2D eigenvalue weighted by Crippen LogP contribution is 2.26. The molecule has 0 spiro atoms. The second-order valence-corrected chi connectivity index (χ2v) is 4.66. The van der Waals surface area contributed by atoms with Crippen molar-refractivity contribution in [3.05, 3.63) is 29.3 Å². The van der Waals surface area contributed by atoms with E-state index >= 15 is 0 Å². The lowest BCUT2D eigenvalue weighted by atomic mass is 10.1. The molecule has 0 aliphatic heterocycles. The van der Waals surface area contributed by atoms with Gasteiger partial charge in [-0.05, 0) is 32.4 Å². The number of rotatable bonds is 4. The van der Waals surface area contributed by atoms with Gasteiger partial charge < -0.3 is 15.8 Å². The van der Waals surface area contributed by atoms with Gasteiger partial charge in [-0.15, -0.1) is 0 Å². The summed E-state index contributed by atoms with van der Waals surface area (Å²) in [6, 6.07) is 4.85. The van der Waals surface area contributed by atoms with Crippen molar-refractivity contribution in [2.45, 2.75) is 32.9 Å². The summed E-state index contributed by atoms with van der Waals surface area (Å²) in [5, 5.41) is 4.47. The number of carbonyl (C=O) groups excluding carboxylic acids is 2. The first kappa shape index (κ1) is 16.0. The Hall–Kier alpha value is -2.08. The third-order valence-corrected chi connectivity index (χ3v) is 2.80. The molecule has 3 amide bonds. The van der Waals surface area contributed by atoms with E-state index in [2.05, 4.69) is 10.6 Å². The minimum atomic E-state index is -0.799. The molecule has 1 rings (SSSR count). The maximum Gasteiger partial charge on any atom is 0.321 e. The van der Waals surface area contributed by atoms with Crippen molar-refractivity contribution in [2.75, 3.05) is 7.05 Å². The van der Waals surface area contributed by atoms with Crippen molar-refractivity contribution in [2.24, 2.45) is 5.73 Å². The van der Waals surface area contributed by atoms with Crippen LogP contribution in [-0.2, 0) is 4.79 Å². The molecule has 0 saturated heterocycles. The zero-order chi connectivity index (χ0) is 15.3. The van der Waals surface area contributed by atoms with Crippen LogP contribution in [0.25, 0.3) is 0 Å². The SMILES string of the molecule is CNC(=O)NC(=O)C(C)Oc1cc(C)ccc1C(C)N. The highest BCUT2D eigenvalue weighted by molar-refractivity contribution is 5.96. The van der Waals surface area contributed by atoms with Gasteiger partial charge in [-0.25, -0.2) is 4.79 Å². The molecule has 0 aliphatic rings. The molecule has 0 heterocycles. The smallest absolute Gasteiger partial charge is 0.321 e. The predicted molar refractivity (Wildman–Crippen MR) is 76.5 cm³/mol. The Kier molecular flexibility index (Phi) is 5.52. The van der Waals surface area contributed by atoms with Gasteiger partial charge in [-0.2, -0.15) is 0 Å². The van der Waals surface area contributed by atoms with Crippen molar-refractivity contribution in [3.8, 4) is 5.75 Å². The van der Waals surface area contributed by atoms with Crippen LogP contribution in [0.2, 0.25) is 0 Å². The molecule has 2 atom stereocenters. The Balaban J connectivity index is 2.84. The first-order valence-electron chi connectivity index (χ1n) is 6.40. The van der Waals surface area contributed by atoms with Crippen LogP contribution in [0.1, 0.15) is 31.0 Å². The molecule has 1 aromatic carbocycles. The minimum Gasteiger partial charge on any atom is -0.481 e. The van der Waals surface area contributed by atoms with Crippen LogP contribution >= 0.6 is 0 Å². The third-order valence-electron chi connectivity index (χ3n) is 2.80. The van der Waals surface area contributed by atoms with Crippen molar-refractivity contribution >= 4 is 11.9 Å². The Labute approximate surface area is 118 Å². The van der Waals surface area contributed by atoms with Crippen LogP contribution in [0, 0.1) is 6.92 Å². The standard InChI is InChI=1S/C14H21N3O3/c1-8-5-6-11(9(2)15)12(7-8)20-10(3)13(18)17-14(19)16-4/h5-7,9-10H,15H2,1-4H3,(H2,16,17,18,19). The lowest BCUT2D eigenvalue weighted by Gasteiger charge is -2.19. The number of urea groups is 1. The lowest BCUT2D eigenvalue weighted by molar-refractivity contribution is -0.126. The number of ether oxygens (including phenoxy) is 1. The summed E-state index contributed by atoms with van der Waals surface area (Å²) in [5.41, 5.74) is 7.69. The van der Waals surface area contributed by atoms with Gasteiger partial charge in [0, 0.05) is 18.7 Å². The number of nitrogens with one attached hydrogen (secondary N) is 2. The number of benzene rings is 1. The summed E-state index contributed by atoms with van der Waals surface area (Å²) in [6.45, 7) is 5.34. The van der Waals surface area contributed by atoms with Gasteiger partial charge in [0.15, 0.2) is 6.10 Å². The van der Waals surface area contributed by atoms with Crippen LogP contribution in [0.15, 0.2) is 18.2 Å². The first-order chi connectivity index (χ1) is 9.35. The van der Waals surface area contributed by atoms with E-state index in [1.54, 1.807) is 6.92 Å². The normalized spacial score (nSPS) is 13.2. The fraction of sp³-hybridized carbons (Fsp3) is 0.429. The molecule has 4 N–H and O–H groups in total. The fourth-order valence-corrected chi connectivity index (χ4v) is 1.64. The molecular weight excluding hydrogens is 258 g/mol. The van der Waals surface area contributed by atoms with E-state index in [0.29, 0.717) is 5.75 Å². The van der Waals surface area contributed by atoms with Gasteiger partial charge in [-0.1, -0.05) is 12.1 Å². The van der Waals surface area contributed by atoms with Crippen molar-refractivity contribution in [3.63, 3.8) is 0 Å². The maximum atomic E-state index is 11.8. The Morgan fingerprint density at radius 2 is 1.95 bits per heavy atom. The van der Waals surface area contributed by atoms with E-state index in [9.17, 15) is 9.59 Å². The molecule has 0 radical (unpaired) electrons. The number of nitrogens with two attached hydrogens (primary N) is 1. The summed E-state index contributed by atoms with van der Waals surface area (Å²) in [6.07, 6.45) is -0.799. The fourth-order valence-electron chi connectivity index (χ4n) is 1.64.